The fourth-order valence-corrected chi connectivity index (χ4v) is 4.28. The number of rotatable bonds is 7. The van der Waals surface area contributed by atoms with Crippen molar-refractivity contribution < 1.29 is 14.3 Å². The number of hydrogen-bond donors (Lipinski definition) is 1. The van der Waals surface area contributed by atoms with Crippen molar-refractivity contribution in [3.8, 4) is 11.5 Å². The molecule has 1 N–H and O–H groups in total. The van der Waals surface area contributed by atoms with E-state index in [0.717, 1.165) is 11.1 Å². The highest BCUT2D eigenvalue weighted by Gasteiger charge is 2.30. The third kappa shape index (κ3) is 5.63. The van der Waals surface area contributed by atoms with Gasteiger partial charge in [0.2, 0.25) is 0 Å². The van der Waals surface area contributed by atoms with Gasteiger partial charge in [0.25, 0.3) is 5.91 Å². The zero-order valence-corrected chi connectivity index (χ0v) is 20.3. The number of amides is 1. The monoisotopic (exact) mass is 498 g/mol. The van der Waals surface area contributed by atoms with Gasteiger partial charge in [-0.3, -0.25) is 9.69 Å². The van der Waals surface area contributed by atoms with Crippen LogP contribution in [0.4, 0.5) is 0 Å². The quantitative estimate of drug-likeness (QED) is 0.377. The second-order valence-corrected chi connectivity index (χ2v) is 8.99. The molecule has 0 saturated carbocycles. The molecular formula is C22H21Cl3N2O3S. The lowest BCUT2D eigenvalue weighted by Gasteiger charge is -2.16. The highest BCUT2D eigenvalue weighted by Crippen LogP contribution is 2.37. The Kier molecular flexibility index (Phi) is 7.70. The van der Waals surface area contributed by atoms with Gasteiger partial charge in [0.15, 0.2) is 10.9 Å². The molecule has 0 unspecified atom stereocenters. The Balaban J connectivity index is 1.84. The number of benzene rings is 2. The molecule has 1 heterocycles. The van der Waals surface area contributed by atoms with Crippen LogP contribution < -0.4 is 14.8 Å². The molecule has 9 heteroatoms. The Labute approximate surface area is 201 Å². The van der Waals surface area contributed by atoms with Gasteiger partial charge in [-0.15, -0.1) is 0 Å². The van der Waals surface area contributed by atoms with Gasteiger partial charge in [0.1, 0.15) is 18.1 Å². The van der Waals surface area contributed by atoms with E-state index >= 15 is 0 Å². The third-order valence-corrected chi connectivity index (χ3v) is 5.56. The van der Waals surface area contributed by atoms with Gasteiger partial charge in [-0.05, 0) is 54.0 Å². The standard InChI is InChI=1S/C22H21Cl3N2O3S/c1-12(2)10-27-21(28)18(26-22(27)31)7-13-4-5-19(29-3)14(6-13)11-30-20-16(24)8-15(23)9-17(20)25/h4-9,12H,10-11H2,1-3H3,(H,26,31)/b18-7+. The van der Waals surface area contributed by atoms with Crippen LogP contribution in [0.5, 0.6) is 11.5 Å². The molecule has 2 aromatic rings. The summed E-state index contributed by atoms with van der Waals surface area (Å²) < 4.78 is 11.3. The summed E-state index contributed by atoms with van der Waals surface area (Å²) >= 11 is 23.7. The summed E-state index contributed by atoms with van der Waals surface area (Å²) in [5, 5.41) is 4.46. The van der Waals surface area contributed by atoms with Crippen LogP contribution in [0.25, 0.3) is 6.08 Å². The van der Waals surface area contributed by atoms with Gasteiger partial charge in [0, 0.05) is 17.1 Å². The molecule has 0 atom stereocenters. The summed E-state index contributed by atoms with van der Waals surface area (Å²) in [5.41, 5.74) is 1.97. The maximum atomic E-state index is 12.7. The number of carbonyl (C=O) groups is 1. The Morgan fingerprint density at radius 2 is 1.84 bits per heavy atom. The fourth-order valence-electron chi connectivity index (χ4n) is 3.09. The molecule has 31 heavy (non-hydrogen) atoms. The van der Waals surface area contributed by atoms with Gasteiger partial charge in [-0.1, -0.05) is 54.7 Å². The van der Waals surface area contributed by atoms with Crippen LogP contribution in [-0.2, 0) is 11.4 Å². The van der Waals surface area contributed by atoms with E-state index < -0.39 is 0 Å². The molecule has 164 valence electrons. The Bertz CT molecular complexity index is 1030. The molecule has 2 aromatic carbocycles. The van der Waals surface area contributed by atoms with E-state index in [1.807, 2.05) is 26.0 Å². The van der Waals surface area contributed by atoms with E-state index in [2.05, 4.69) is 5.32 Å². The average molecular weight is 500 g/mol. The maximum absolute atomic E-state index is 12.7. The van der Waals surface area contributed by atoms with Crippen molar-refractivity contribution in [2.45, 2.75) is 20.5 Å². The lowest BCUT2D eigenvalue weighted by atomic mass is 10.1. The fraction of sp³-hybridized carbons (Fsp3) is 0.273. The number of nitrogens with one attached hydrogen (secondary N) is 1. The van der Waals surface area contributed by atoms with Crippen LogP contribution in [0.15, 0.2) is 36.0 Å². The molecular weight excluding hydrogens is 479 g/mol. The molecule has 1 aliphatic rings. The Hall–Kier alpha value is -1.99. The minimum Gasteiger partial charge on any atom is -0.496 e. The molecule has 0 radical (unpaired) electrons. The van der Waals surface area contributed by atoms with E-state index in [4.69, 9.17) is 56.5 Å². The van der Waals surface area contributed by atoms with Crippen molar-refractivity contribution in [2.24, 2.45) is 5.92 Å². The summed E-state index contributed by atoms with van der Waals surface area (Å²) in [7, 11) is 1.57. The lowest BCUT2D eigenvalue weighted by molar-refractivity contribution is -0.122. The van der Waals surface area contributed by atoms with E-state index in [-0.39, 0.29) is 12.5 Å². The van der Waals surface area contributed by atoms with Gasteiger partial charge in [0.05, 0.1) is 17.2 Å². The lowest BCUT2D eigenvalue weighted by Crippen LogP contribution is -2.33. The van der Waals surface area contributed by atoms with Crippen LogP contribution in [0.1, 0.15) is 25.0 Å². The molecule has 0 spiro atoms. The minimum atomic E-state index is -0.146. The second kappa shape index (κ2) is 10.1. The summed E-state index contributed by atoms with van der Waals surface area (Å²) in [4.78, 5) is 14.3. The summed E-state index contributed by atoms with van der Waals surface area (Å²) in [6.07, 6.45) is 1.75. The SMILES string of the molecule is COc1ccc(/C=C2/NC(=S)N(CC(C)C)C2=O)cc1COc1c(Cl)cc(Cl)cc1Cl. The van der Waals surface area contributed by atoms with Gasteiger partial charge < -0.3 is 14.8 Å². The van der Waals surface area contributed by atoms with Crippen molar-refractivity contribution in [2.75, 3.05) is 13.7 Å². The number of methoxy groups -OCH3 is 1. The molecule has 0 aliphatic carbocycles. The molecule has 1 saturated heterocycles. The molecule has 3 rings (SSSR count). The van der Waals surface area contributed by atoms with E-state index in [9.17, 15) is 4.79 Å². The predicted molar refractivity (Wildman–Crippen MR) is 129 cm³/mol. The van der Waals surface area contributed by atoms with E-state index in [1.165, 1.54) is 0 Å². The van der Waals surface area contributed by atoms with Crippen LogP contribution in [0.2, 0.25) is 15.1 Å². The van der Waals surface area contributed by atoms with Crippen molar-refractivity contribution in [1.82, 2.24) is 10.2 Å². The van der Waals surface area contributed by atoms with Crippen molar-refractivity contribution in [1.29, 1.82) is 0 Å². The predicted octanol–water partition coefficient (Wildman–Crippen LogP) is 5.95. The van der Waals surface area contributed by atoms with Gasteiger partial charge in [-0.2, -0.15) is 0 Å². The van der Waals surface area contributed by atoms with Gasteiger partial charge in [-0.25, -0.2) is 0 Å². The van der Waals surface area contributed by atoms with Crippen molar-refractivity contribution in [3.63, 3.8) is 0 Å². The topological polar surface area (TPSA) is 50.8 Å². The second-order valence-electron chi connectivity index (χ2n) is 7.36. The Morgan fingerprint density at radius 3 is 2.45 bits per heavy atom. The smallest absolute Gasteiger partial charge is 0.276 e. The van der Waals surface area contributed by atoms with Crippen LogP contribution in [-0.4, -0.2) is 29.6 Å². The molecule has 1 aliphatic heterocycles. The number of carbonyl (C=O) groups excluding carboxylic acids is 1. The zero-order chi connectivity index (χ0) is 22.7. The van der Waals surface area contributed by atoms with E-state index in [0.29, 0.717) is 49.8 Å². The first-order valence-corrected chi connectivity index (χ1v) is 11.0. The zero-order valence-electron chi connectivity index (χ0n) is 17.2. The van der Waals surface area contributed by atoms with Gasteiger partial charge >= 0.3 is 0 Å². The van der Waals surface area contributed by atoms with Crippen LogP contribution in [0, 0.1) is 5.92 Å². The number of ether oxygens (including phenoxy) is 2. The number of nitrogens with zero attached hydrogens (tertiary/aromatic N) is 1. The van der Waals surface area contributed by atoms with Crippen LogP contribution in [0.3, 0.4) is 0 Å². The first kappa shape index (κ1) is 23.7. The first-order valence-electron chi connectivity index (χ1n) is 9.48. The van der Waals surface area contributed by atoms with Crippen molar-refractivity contribution in [3.05, 3.63) is 62.2 Å². The summed E-state index contributed by atoms with van der Waals surface area (Å²) in [6, 6.07) is 8.64. The highest BCUT2D eigenvalue weighted by atomic mass is 35.5. The Morgan fingerprint density at radius 1 is 1.16 bits per heavy atom. The summed E-state index contributed by atoms with van der Waals surface area (Å²) in [5.74, 6) is 1.12. The maximum Gasteiger partial charge on any atom is 0.276 e. The third-order valence-electron chi connectivity index (χ3n) is 4.46. The number of halogens is 3. The van der Waals surface area contributed by atoms with E-state index in [1.54, 1.807) is 36.3 Å². The average Bonchev–Trinajstić information content (AvgIpc) is 2.94. The van der Waals surface area contributed by atoms with Crippen molar-refractivity contribution >= 4 is 64.1 Å². The first-order chi connectivity index (χ1) is 14.7. The normalized spacial score (nSPS) is 15.1. The molecule has 0 aromatic heterocycles. The summed E-state index contributed by atoms with van der Waals surface area (Å²) in [6.45, 7) is 4.78. The molecule has 0 bridgehead atoms. The molecule has 1 amide bonds. The number of thiocarbonyl (C=S) groups is 1. The number of hydrogen-bond acceptors (Lipinski definition) is 4. The molecule has 5 nitrogen and oxygen atoms in total. The molecule has 1 fully saturated rings. The largest absolute Gasteiger partial charge is 0.496 e. The highest BCUT2D eigenvalue weighted by molar-refractivity contribution is 7.80. The minimum absolute atomic E-state index is 0.146. The van der Waals surface area contributed by atoms with Crippen LogP contribution >= 0.6 is 47.0 Å².